The molecule has 6 heteroatoms. The van der Waals surface area contributed by atoms with Crippen molar-refractivity contribution in [3.8, 4) is 5.88 Å². The monoisotopic (exact) mass is 334 g/mol. The molecule has 0 spiro atoms. The Hall–Kier alpha value is -1.82. The van der Waals surface area contributed by atoms with Gasteiger partial charge in [-0.25, -0.2) is 9.98 Å². The lowest BCUT2D eigenvalue weighted by Crippen LogP contribution is -2.45. The van der Waals surface area contributed by atoms with Crippen LogP contribution in [0, 0.1) is 5.92 Å². The summed E-state index contributed by atoms with van der Waals surface area (Å²) in [7, 11) is 1.66. The lowest BCUT2D eigenvalue weighted by molar-refractivity contribution is 0.143. The number of pyridine rings is 1. The van der Waals surface area contributed by atoms with E-state index in [4.69, 9.17) is 14.5 Å². The summed E-state index contributed by atoms with van der Waals surface area (Å²) in [5.41, 5.74) is 0.995. The van der Waals surface area contributed by atoms with Crippen LogP contribution >= 0.6 is 0 Å². The van der Waals surface area contributed by atoms with E-state index in [1.807, 2.05) is 12.1 Å². The Morgan fingerprint density at radius 3 is 2.88 bits per heavy atom. The minimum Gasteiger partial charge on any atom is -0.475 e. The molecule has 6 nitrogen and oxygen atoms in total. The number of ether oxygens (including phenoxy) is 2. The molecule has 0 amide bonds. The number of nitrogens with zero attached hydrogens (tertiary/aromatic N) is 3. The number of piperidine rings is 1. The van der Waals surface area contributed by atoms with E-state index < -0.39 is 0 Å². The highest BCUT2D eigenvalue weighted by atomic mass is 16.5. The molecular weight excluding hydrogens is 304 g/mol. The van der Waals surface area contributed by atoms with Gasteiger partial charge in [-0.3, -0.25) is 0 Å². The maximum Gasteiger partial charge on any atom is 0.218 e. The first kappa shape index (κ1) is 18.5. The standard InChI is InChI=1S/C18H30N4O2/c1-4-19-18(22-10-7-15(2)8-11-22)21-14-16-6-5-9-20-17(16)24-13-12-23-3/h5-6,9,15H,4,7-8,10-14H2,1-3H3,(H,19,21). The number of likely N-dealkylation sites (tertiary alicyclic amines) is 1. The predicted octanol–water partition coefficient (Wildman–Crippen LogP) is 2.30. The summed E-state index contributed by atoms with van der Waals surface area (Å²) in [4.78, 5) is 11.5. The molecule has 1 fully saturated rings. The van der Waals surface area contributed by atoms with Crippen molar-refractivity contribution in [1.82, 2.24) is 15.2 Å². The first-order valence-corrected chi connectivity index (χ1v) is 8.83. The number of aliphatic imine (C=N–C) groups is 1. The Balaban J connectivity index is 2.02. The van der Waals surface area contributed by atoms with E-state index in [0.29, 0.717) is 25.6 Å². The zero-order valence-corrected chi connectivity index (χ0v) is 15.1. The summed E-state index contributed by atoms with van der Waals surface area (Å²) in [6.07, 6.45) is 4.19. The van der Waals surface area contributed by atoms with Crippen LogP contribution in [0.2, 0.25) is 0 Å². The van der Waals surface area contributed by atoms with Crippen molar-refractivity contribution in [3.63, 3.8) is 0 Å². The molecule has 1 aromatic heterocycles. The molecule has 0 atom stereocenters. The third-order valence-electron chi connectivity index (χ3n) is 4.19. The van der Waals surface area contributed by atoms with Crippen LogP contribution in [0.15, 0.2) is 23.3 Å². The summed E-state index contributed by atoms with van der Waals surface area (Å²) < 4.78 is 10.7. The molecule has 24 heavy (non-hydrogen) atoms. The minimum atomic E-state index is 0.494. The van der Waals surface area contributed by atoms with Crippen LogP contribution in [-0.2, 0) is 11.3 Å². The van der Waals surface area contributed by atoms with Gasteiger partial charge in [0.15, 0.2) is 5.96 Å². The van der Waals surface area contributed by atoms with E-state index in [0.717, 1.165) is 37.1 Å². The Morgan fingerprint density at radius 2 is 2.17 bits per heavy atom. The second-order valence-electron chi connectivity index (χ2n) is 6.15. The fourth-order valence-corrected chi connectivity index (χ4v) is 2.70. The average molecular weight is 334 g/mol. The van der Waals surface area contributed by atoms with Crippen LogP contribution < -0.4 is 10.1 Å². The van der Waals surface area contributed by atoms with E-state index in [1.54, 1.807) is 13.3 Å². The van der Waals surface area contributed by atoms with Crippen LogP contribution in [0.5, 0.6) is 5.88 Å². The van der Waals surface area contributed by atoms with Crippen LogP contribution in [0.4, 0.5) is 0 Å². The second-order valence-corrected chi connectivity index (χ2v) is 6.15. The van der Waals surface area contributed by atoms with Gasteiger partial charge in [0.2, 0.25) is 5.88 Å². The molecule has 1 N–H and O–H groups in total. The minimum absolute atomic E-state index is 0.494. The van der Waals surface area contributed by atoms with Crippen molar-refractivity contribution in [2.45, 2.75) is 33.2 Å². The zero-order chi connectivity index (χ0) is 17.2. The van der Waals surface area contributed by atoms with Crippen molar-refractivity contribution in [1.29, 1.82) is 0 Å². The van der Waals surface area contributed by atoms with Crippen LogP contribution in [0.1, 0.15) is 32.3 Å². The van der Waals surface area contributed by atoms with Crippen molar-refractivity contribution < 1.29 is 9.47 Å². The van der Waals surface area contributed by atoms with Crippen molar-refractivity contribution >= 4 is 5.96 Å². The van der Waals surface area contributed by atoms with Gasteiger partial charge in [0.05, 0.1) is 13.2 Å². The number of nitrogens with one attached hydrogen (secondary N) is 1. The van der Waals surface area contributed by atoms with Gasteiger partial charge in [0.25, 0.3) is 0 Å². The summed E-state index contributed by atoms with van der Waals surface area (Å²) in [5.74, 6) is 2.43. The van der Waals surface area contributed by atoms with Gasteiger partial charge in [-0.05, 0) is 31.7 Å². The van der Waals surface area contributed by atoms with E-state index >= 15 is 0 Å². The maximum absolute atomic E-state index is 5.69. The highest BCUT2D eigenvalue weighted by Gasteiger charge is 2.18. The Kier molecular flexibility index (Phi) is 7.82. The molecule has 1 saturated heterocycles. The van der Waals surface area contributed by atoms with Crippen LogP contribution in [-0.4, -0.2) is 55.8 Å². The lowest BCUT2D eigenvalue weighted by Gasteiger charge is -2.33. The summed E-state index contributed by atoms with van der Waals surface area (Å²) >= 11 is 0. The molecule has 2 heterocycles. The second kappa shape index (κ2) is 10.1. The first-order valence-electron chi connectivity index (χ1n) is 8.83. The Labute approximate surface area is 145 Å². The van der Waals surface area contributed by atoms with Gasteiger partial charge >= 0.3 is 0 Å². The SMILES string of the molecule is CCNC(=NCc1cccnc1OCCOC)N1CCC(C)CC1. The van der Waals surface area contributed by atoms with E-state index in [2.05, 4.69) is 29.0 Å². The molecule has 0 radical (unpaired) electrons. The molecule has 0 saturated carbocycles. The van der Waals surface area contributed by atoms with Gasteiger partial charge < -0.3 is 19.7 Å². The normalized spacial score (nSPS) is 16.3. The molecule has 0 aliphatic carbocycles. The molecule has 0 unspecified atom stereocenters. The summed E-state index contributed by atoms with van der Waals surface area (Å²) in [5, 5.41) is 3.40. The van der Waals surface area contributed by atoms with E-state index in [9.17, 15) is 0 Å². The fourth-order valence-electron chi connectivity index (χ4n) is 2.70. The molecule has 2 rings (SSSR count). The maximum atomic E-state index is 5.69. The quantitative estimate of drug-likeness (QED) is 0.471. The fraction of sp³-hybridized carbons (Fsp3) is 0.667. The molecule has 134 valence electrons. The topological polar surface area (TPSA) is 59.0 Å². The largest absolute Gasteiger partial charge is 0.475 e. The number of hydrogen-bond acceptors (Lipinski definition) is 4. The third kappa shape index (κ3) is 5.67. The first-order chi connectivity index (χ1) is 11.7. The predicted molar refractivity (Wildman–Crippen MR) is 96.4 cm³/mol. The molecule has 1 aromatic rings. The van der Waals surface area contributed by atoms with E-state index in [-0.39, 0.29) is 0 Å². The van der Waals surface area contributed by atoms with Crippen LogP contribution in [0.25, 0.3) is 0 Å². The molecule has 1 aliphatic rings. The Bertz CT molecular complexity index is 513. The number of guanidine groups is 1. The molecule has 0 bridgehead atoms. The van der Waals surface area contributed by atoms with E-state index in [1.165, 1.54) is 12.8 Å². The van der Waals surface area contributed by atoms with Gasteiger partial charge in [-0.2, -0.15) is 0 Å². The average Bonchev–Trinajstić information content (AvgIpc) is 2.61. The molecule has 1 aliphatic heterocycles. The van der Waals surface area contributed by atoms with Gasteiger partial charge in [0.1, 0.15) is 6.61 Å². The highest BCUT2D eigenvalue weighted by molar-refractivity contribution is 5.80. The Morgan fingerprint density at radius 1 is 1.38 bits per heavy atom. The highest BCUT2D eigenvalue weighted by Crippen LogP contribution is 2.18. The van der Waals surface area contributed by atoms with Crippen LogP contribution in [0.3, 0.4) is 0 Å². The number of aromatic nitrogens is 1. The zero-order valence-electron chi connectivity index (χ0n) is 15.1. The molecule has 0 aromatic carbocycles. The summed E-state index contributed by atoms with van der Waals surface area (Å²) in [6, 6.07) is 3.93. The number of rotatable bonds is 7. The molecular formula is C18H30N4O2. The van der Waals surface area contributed by atoms with Gasteiger partial charge in [-0.1, -0.05) is 13.0 Å². The van der Waals surface area contributed by atoms with Gasteiger partial charge in [0, 0.05) is 38.5 Å². The number of methoxy groups -OCH3 is 1. The summed E-state index contributed by atoms with van der Waals surface area (Å²) in [6.45, 7) is 9.03. The van der Waals surface area contributed by atoms with Gasteiger partial charge in [-0.15, -0.1) is 0 Å². The third-order valence-corrected chi connectivity index (χ3v) is 4.19. The lowest BCUT2D eigenvalue weighted by atomic mass is 10.00. The van der Waals surface area contributed by atoms with Crippen molar-refractivity contribution in [2.24, 2.45) is 10.9 Å². The van der Waals surface area contributed by atoms with Crippen molar-refractivity contribution in [3.05, 3.63) is 23.9 Å². The van der Waals surface area contributed by atoms with Crippen molar-refractivity contribution in [2.75, 3.05) is 40.0 Å². The number of hydrogen-bond donors (Lipinski definition) is 1. The smallest absolute Gasteiger partial charge is 0.218 e.